The molecule has 20 heavy (non-hydrogen) atoms. The molecule has 0 amide bonds. The van der Waals surface area contributed by atoms with Crippen LogP contribution in [0.1, 0.15) is 18.4 Å². The van der Waals surface area contributed by atoms with Gasteiger partial charge >= 0.3 is 0 Å². The molecule has 2 aliphatic rings. The number of nitro groups is 1. The lowest BCUT2D eigenvalue weighted by atomic mass is 9.81. The number of nitrogens with zero attached hydrogens (tertiary/aromatic N) is 1. The van der Waals surface area contributed by atoms with Crippen LogP contribution in [0.4, 0.5) is 14.5 Å². The number of rotatable bonds is 3. The summed E-state index contributed by atoms with van der Waals surface area (Å²) in [5.41, 5.74) is 1.22. The molecule has 0 N–H and O–H groups in total. The molecule has 1 saturated carbocycles. The summed E-state index contributed by atoms with van der Waals surface area (Å²) in [5.74, 6) is -1.15. The highest BCUT2D eigenvalue weighted by atomic mass is 19.2. The number of nitro benzene ring substituents is 1. The standard InChI is InChI=1S/C15H13F2NO2/c16-13-7-6-12(14(15(13)17)9-4-5-9)10-2-1-3-11(8-10)18(19)20/h1-3,6-9,14-15H,4-5H2. The van der Waals surface area contributed by atoms with E-state index in [4.69, 9.17) is 0 Å². The molecule has 0 aliphatic heterocycles. The van der Waals surface area contributed by atoms with E-state index in [0.717, 1.165) is 18.9 Å². The second-order valence-electron chi connectivity index (χ2n) is 5.25. The average molecular weight is 277 g/mol. The monoisotopic (exact) mass is 277 g/mol. The van der Waals surface area contributed by atoms with E-state index in [1.807, 2.05) is 0 Å². The molecule has 0 saturated heterocycles. The minimum atomic E-state index is -1.64. The van der Waals surface area contributed by atoms with Crippen LogP contribution in [-0.2, 0) is 0 Å². The summed E-state index contributed by atoms with van der Waals surface area (Å²) in [6.45, 7) is 0. The van der Waals surface area contributed by atoms with E-state index in [-0.39, 0.29) is 11.6 Å². The van der Waals surface area contributed by atoms with Crippen LogP contribution in [0, 0.1) is 22.0 Å². The molecule has 2 aliphatic carbocycles. The van der Waals surface area contributed by atoms with Gasteiger partial charge in [-0.1, -0.05) is 18.2 Å². The topological polar surface area (TPSA) is 43.1 Å². The van der Waals surface area contributed by atoms with Crippen LogP contribution in [-0.4, -0.2) is 11.1 Å². The minimum absolute atomic E-state index is 0.0385. The number of halogens is 2. The number of hydrogen-bond donors (Lipinski definition) is 0. The van der Waals surface area contributed by atoms with E-state index in [0.29, 0.717) is 11.1 Å². The summed E-state index contributed by atoms with van der Waals surface area (Å²) in [4.78, 5) is 10.3. The van der Waals surface area contributed by atoms with Gasteiger partial charge in [-0.2, -0.15) is 0 Å². The fraction of sp³-hybridized carbons (Fsp3) is 0.333. The van der Waals surface area contributed by atoms with Gasteiger partial charge in [0.15, 0.2) is 6.17 Å². The quantitative estimate of drug-likeness (QED) is 0.613. The molecule has 0 radical (unpaired) electrons. The Kier molecular flexibility index (Phi) is 3.12. The summed E-state index contributed by atoms with van der Waals surface area (Å²) in [6, 6.07) is 6.09. The van der Waals surface area contributed by atoms with E-state index in [1.165, 1.54) is 12.1 Å². The lowest BCUT2D eigenvalue weighted by Crippen LogP contribution is -2.23. The number of allylic oxidation sites excluding steroid dienone is 4. The Labute approximate surface area is 114 Å². The van der Waals surface area contributed by atoms with Crippen molar-refractivity contribution < 1.29 is 13.7 Å². The van der Waals surface area contributed by atoms with E-state index >= 15 is 0 Å². The Morgan fingerprint density at radius 2 is 2.00 bits per heavy atom. The van der Waals surface area contributed by atoms with Gasteiger partial charge in [0.1, 0.15) is 5.83 Å². The molecule has 3 rings (SSSR count). The smallest absolute Gasteiger partial charge is 0.258 e. The van der Waals surface area contributed by atoms with Gasteiger partial charge in [-0.25, -0.2) is 8.78 Å². The van der Waals surface area contributed by atoms with Crippen molar-refractivity contribution in [2.24, 2.45) is 11.8 Å². The van der Waals surface area contributed by atoms with Crippen molar-refractivity contribution in [1.82, 2.24) is 0 Å². The molecule has 3 nitrogen and oxygen atoms in total. The first-order chi connectivity index (χ1) is 9.58. The van der Waals surface area contributed by atoms with Crippen molar-refractivity contribution in [2.75, 3.05) is 0 Å². The Bertz CT molecular complexity index is 620. The highest BCUT2D eigenvalue weighted by molar-refractivity contribution is 5.73. The lowest BCUT2D eigenvalue weighted by Gasteiger charge is -2.26. The van der Waals surface area contributed by atoms with E-state index in [2.05, 4.69) is 0 Å². The molecule has 2 atom stereocenters. The van der Waals surface area contributed by atoms with Crippen molar-refractivity contribution in [3.05, 3.63) is 57.9 Å². The molecule has 0 bridgehead atoms. The van der Waals surface area contributed by atoms with Crippen LogP contribution in [0.2, 0.25) is 0 Å². The minimum Gasteiger partial charge on any atom is -0.258 e. The number of benzene rings is 1. The maximum atomic E-state index is 14.1. The van der Waals surface area contributed by atoms with Gasteiger partial charge in [-0.3, -0.25) is 10.1 Å². The Balaban J connectivity index is 2.02. The normalized spacial score (nSPS) is 25.9. The molecule has 5 heteroatoms. The molecular formula is C15H13F2NO2. The first kappa shape index (κ1) is 13.0. The van der Waals surface area contributed by atoms with Crippen molar-refractivity contribution in [2.45, 2.75) is 19.0 Å². The van der Waals surface area contributed by atoms with Gasteiger partial charge in [0.25, 0.3) is 5.69 Å². The number of alkyl halides is 1. The summed E-state index contributed by atoms with van der Waals surface area (Å²) in [5, 5.41) is 10.8. The van der Waals surface area contributed by atoms with Crippen LogP contribution < -0.4 is 0 Å². The van der Waals surface area contributed by atoms with Crippen LogP contribution in [0.15, 0.2) is 42.2 Å². The Morgan fingerprint density at radius 1 is 1.25 bits per heavy atom. The van der Waals surface area contributed by atoms with E-state index in [1.54, 1.807) is 18.2 Å². The lowest BCUT2D eigenvalue weighted by molar-refractivity contribution is -0.384. The van der Waals surface area contributed by atoms with E-state index in [9.17, 15) is 18.9 Å². The predicted molar refractivity (Wildman–Crippen MR) is 71.4 cm³/mol. The number of hydrogen-bond acceptors (Lipinski definition) is 2. The maximum Gasteiger partial charge on any atom is 0.270 e. The molecule has 0 heterocycles. The molecular weight excluding hydrogens is 264 g/mol. The number of non-ortho nitro benzene ring substituents is 1. The van der Waals surface area contributed by atoms with Crippen molar-refractivity contribution in [1.29, 1.82) is 0 Å². The fourth-order valence-corrected chi connectivity index (χ4v) is 2.74. The predicted octanol–water partition coefficient (Wildman–Crippen LogP) is 4.21. The van der Waals surface area contributed by atoms with Crippen LogP contribution in [0.3, 0.4) is 0 Å². The summed E-state index contributed by atoms with van der Waals surface area (Å²) in [7, 11) is 0. The fourth-order valence-electron chi connectivity index (χ4n) is 2.74. The highest BCUT2D eigenvalue weighted by Crippen LogP contribution is 2.49. The Hall–Kier alpha value is -2.04. The first-order valence-electron chi connectivity index (χ1n) is 6.54. The first-order valence-corrected chi connectivity index (χ1v) is 6.54. The van der Waals surface area contributed by atoms with Crippen LogP contribution >= 0.6 is 0 Å². The van der Waals surface area contributed by atoms with E-state index < -0.39 is 22.8 Å². The maximum absolute atomic E-state index is 14.1. The van der Waals surface area contributed by atoms with Crippen molar-refractivity contribution in [3.63, 3.8) is 0 Å². The van der Waals surface area contributed by atoms with Gasteiger partial charge in [-0.05, 0) is 36.0 Å². The molecule has 1 aromatic rings. The largest absolute Gasteiger partial charge is 0.270 e. The molecule has 1 fully saturated rings. The summed E-state index contributed by atoms with van der Waals surface area (Å²) < 4.78 is 27.6. The third kappa shape index (κ3) is 2.24. The Morgan fingerprint density at radius 3 is 2.65 bits per heavy atom. The highest BCUT2D eigenvalue weighted by Gasteiger charge is 2.42. The molecule has 0 spiro atoms. The third-order valence-corrected chi connectivity index (χ3v) is 3.88. The zero-order valence-electron chi connectivity index (χ0n) is 10.6. The molecule has 1 aromatic carbocycles. The van der Waals surface area contributed by atoms with Gasteiger partial charge in [0.2, 0.25) is 0 Å². The van der Waals surface area contributed by atoms with Gasteiger partial charge < -0.3 is 0 Å². The van der Waals surface area contributed by atoms with Crippen LogP contribution in [0.5, 0.6) is 0 Å². The second kappa shape index (κ2) is 4.81. The van der Waals surface area contributed by atoms with Gasteiger partial charge in [0, 0.05) is 18.1 Å². The molecule has 2 unspecified atom stereocenters. The van der Waals surface area contributed by atoms with Crippen LogP contribution in [0.25, 0.3) is 5.57 Å². The molecule has 0 aromatic heterocycles. The van der Waals surface area contributed by atoms with Gasteiger partial charge in [-0.15, -0.1) is 0 Å². The summed E-state index contributed by atoms with van der Waals surface area (Å²) >= 11 is 0. The summed E-state index contributed by atoms with van der Waals surface area (Å²) in [6.07, 6.45) is 2.79. The zero-order chi connectivity index (χ0) is 14.3. The average Bonchev–Trinajstić information content (AvgIpc) is 3.26. The second-order valence-corrected chi connectivity index (χ2v) is 5.25. The zero-order valence-corrected chi connectivity index (χ0v) is 10.6. The SMILES string of the molecule is O=[N+]([O-])c1cccc(C2=CC=C(F)C(F)C2C2CC2)c1. The molecule has 104 valence electrons. The van der Waals surface area contributed by atoms with Gasteiger partial charge in [0.05, 0.1) is 4.92 Å². The van der Waals surface area contributed by atoms with Crippen molar-refractivity contribution >= 4 is 11.3 Å². The van der Waals surface area contributed by atoms with Crippen molar-refractivity contribution in [3.8, 4) is 0 Å². The third-order valence-electron chi connectivity index (χ3n) is 3.88.